The van der Waals surface area contributed by atoms with Gasteiger partial charge in [0.15, 0.2) is 6.10 Å². The van der Waals surface area contributed by atoms with Crippen LogP contribution in [0.4, 0.5) is 5.82 Å². The highest BCUT2D eigenvalue weighted by molar-refractivity contribution is 5.23. The second-order valence-electron chi connectivity index (χ2n) is 5.91. The number of aliphatic hydroxyl groups is 1. The summed E-state index contributed by atoms with van der Waals surface area (Å²) in [6, 6.07) is 1.50. The molecule has 1 unspecified atom stereocenters. The molecule has 0 amide bonds. The molecule has 2 saturated heterocycles. The number of hydrogen-bond acceptors (Lipinski definition) is 9. The maximum atomic E-state index is 12.1. The lowest BCUT2D eigenvalue weighted by atomic mass is 10.1. The molecule has 3 heterocycles. The van der Waals surface area contributed by atoms with E-state index in [1.54, 1.807) is 0 Å². The van der Waals surface area contributed by atoms with Gasteiger partial charge < -0.3 is 20.3 Å². The van der Waals surface area contributed by atoms with E-state index in [1.807, 2.05) is 18.7 Å². The Morgan fingerprint density at radius 2 is 2.20 bits per heavy atom. The smallest absolute Gasteiger partial charge is 0.351 e. The maximum absolute atomic E-state index is 12.1. The molecule has 25 heavy (non-hydrogen) atoms. The van der Waals surface area contributed by atoms with Gasteiger partial charge in [-0.2, -0.15) is 9.87 Å². The summed E-state index contributed by atoms with van der Waals surface area (Å²) >= 11 is 0. The van der Waals surface area contributed by atoms with Gasteiger partial charge in [0.1, 0.15) is 18.7 Å². The van der Waals surface area contributed by atoms with Crippen molar-refractivity contribution >= 4 is 5.82 Å². The third kappa shape index (κ3) is 3.28. The number of nitrogen functional groups attached to an aromatic ring is 1. The number of nitrogens with zero attached hydrogens (tertiary/aromatic N) is 3. The van der Waals surface area contributed by atoms with E-state index in [2.05, 4.69) is 4.98 Å². The van der Waals surface area contributed by atoms with Crippen molar-refractivity contribution in [3.8, 4) is 0 Å². The lowest BCUT2D eigenvalue weighted by Gasteiger charge is -2.46. The van der Waals surface area contributed by atoms with Crippen LogP contribution in [0.15, 0.2) is 17.1 Å². The van der Waals surface area contributed by atoms with E-state index >= 15 is 0 Å². The molecule has 3 N–H and O–H groups in total. The Hall–Kier alpha value is -1.56. The summed E-state index contributed by atoms with van der Waals surface area (Å²) in [5, 5.41) is 10.6. The SMILES string of the molecule is CCN(CC)C1([C@H]2O[C@@H](n3ccc(N)nc3=O)C[C@@H]2O)OCCOO1. The second kappa shape index (κ2) is 7.36. The molecule has 10 heteroatoms. The van der Waals surface area contributed by atoms with Crippen LogP contribution in [0.3, 0.4) is 0 Å². The highest BCUT2D eigenvalue weighted by Crippen LogP contribution is 2.39. The molecule has 3 rings (SSSR count). The number of aliphatic hydroxyl groups excluding tert-OH is 1. The monoisotopic (exact) mass is 356 g/mol. The van der Waals surface area contributed by atoms with Gasteiger partial charge in [-0.25, -0.2) is 14.6 Å². The summed E-state index contributed by atoms with van der Waals surface area (Å²) in [7, 11) is 0. The first kappa shape index (κ1) is 18.2. The molecule has 0 aliphatic carbocycles. The third-order valence-electron chi connectivity index (χ3n) is 4.48. The lowest BCUT2D eigenvalue weighted by Crippen LogP contribution is -2.64. The molecule has 2 aliphatic heterocycles. The highest BCUT2D eigenvalue weighted by Gasteiger charge is 2.57. The fourth-order valence-corrected chi connectivity index (χ4v) is 3.29. The standard InChI is InChI=1S/C15H24N4O6/c1-3-18(4-2)15(22-7-8-23-25-15)13-10(20)9-12(24-13)19-6-5-11(16)17-14(19)21/h5-6,10,12-13,20H,3-4,7-9H2,1-2H3,(H2,16,17,21)/t10-,12+,13-,15?/m0/s1. The zero-order chi connectivity index (χ0) is 18.0. The number of rotatable bonds is 5. The van der Waals surface area contributed by atoms with E-state index in [0.717, 1.165) is 0 Å². The van der Waals surface area contributed by atoms with E-state index in [-0.39, 0.29) is 18.8 Å². The summed E-state index contributed by atoms with van der Waals surface area (Å²) in [5.74, 6) is -1.25. The number of nitrogens with two attached hydrogens (primary N) is 1. The number of likely N-dealkylation sites (N-methyl/N-ethyl adjacent to an activating group) is 1. The third-order valence-corrected chi connectivity index (χ3v) is 4.48. The van der Waals surface area contributed by atoms with Gasteiger partial charge in [0.05, 0.1) is 12.7 Å². The zero-order valence-corrected chi connectivity index (χ0v) is 14.3. The van der Waals surface area contributed by atoms with Crippen LogP contribution in [-0.2, 0) is 19.2 Å². The van der Waals surface area contributed by atoms with Crippen LogP contribution in [0.1, 0.15) is 26.5 Å². The van der Waals surface area contributed by atoms with Gasteiger partial charge in [0.2, 0.25) is 0 Å². The molecule has 0 spiro atoms. The molecule has 0 saturated carbocycles. The van der Waals surface area contributed by atoms with E-state index in [4.69, 9.17) is 25.0 Å². The maximum Gasteiger partial charge on any atom is 0.351 e. The Morgan fingerprint density at radius 1 is 1.44 bits per heavy atom. The first-order chi connectivity index (χ1) is 12.0. The Labute approximate surface area is 145 Å². The van der Waals surface area contributed by atoms with Crippen molar-refractivity contribution in [2.45, 2.75) is 44.6 Å². The second-order valence-corrected chi connectivity index (χ2v) is 5.91. The summed E-state index contributed by atoms with van der Waals surface area (Å²) in [4.78, 5) is 28.3. The Bertz CT molecular complexity index is 643. The Kier molecular flexibility index (Phi) is 5.37. The molecular formula is C15H24N4O6. The molecule has 2 aliphatic rings. The van der Waals surface area contributed by atoms with Crippen LogP contribution in [0, 0.1) is 0 Å². The van der Waals surface area contributed by atoms with Crippen molar-refractivity contribution in [1.82, 2.24) is 14.5 Å². The number of ether oxygens (including phenoxy) is 2. The molecule has 0 bridgehead atoms. The van der Waals surface area contributed by atoms with Crippen LogP contribution in [-0.4, -0.2) is 64.0 Å². The van der Waals surface area contributed by atoms with Gasteiger partial charge in [-0.05, 0) is 6.07 Å². The molecule has 0 radical (unpaired) electrons. The minimum absolute atomic E-state index is 0.128. The normalized spacial score (nSPS) is 33.0. The van der Waals surface area contributed by atoms with Gasteiger partial charge >= 0.3 is 5.69 Å². The predicted molar refractivity (Wildman–Crippen MR) is 86.1 cm³/mol. The molecule has 0 aromatic carbocycles. The van der Waals surface area contributed by atoms with Gasteiger partial charge in [-0.1, -0.05) is 13.8 Å². The number of anilines is 1. The largest absolute Gasteiger partial charge is 0.390 e. The van der Waals surface area contributed by atoms with Crippen molar-refractivity contribution in [2.75, 3.05) is 32.0 Å². The lowest BCUT2D eigenvalue weighted by molar-refractivity contribution is -0.523. The average molecular weight is 356 g/mol. The van der Waals surface area contributed by atoms with E-state index in [1.165, 1.54) is 16.8 Å². The van der Waals surface area contributed by atoms with Gasteiger partial charge in [0.25, 0.3) is 5.91 Å². The first-order valence-corrected chi connectivity index (χ1v) is 8.39. The molecule has 4 atom stereocenters. The van der Waals surface area contributed by atoms with Crippen molar-refractivity contribution in [1.29, 1.82) is 0 Å². The first-order valence-electron chi connectivity index (χ1n) is 8.39. The number of hydrogen-bond donors (Lipinski definition) is 2. The van der Waals surface area contributed by atoms with Gasteiger partial charge in [-0.15, -0.1) is 0 Å². The summed E-state index contributed by atoms with van der Waals surface area (Å²) in [6.45, 7) is 5.67. The fourth-order valence-electron chi connectivity index (χ4n) is 3.29. The molecule has 1 aromatic rings. The van der Waals surface area contributed by atoms with Crippen LogP contribution < -0.4 is 11.4 Å². The van der Waals surface area contributed by atoms with Crippen molar-refractivity contribution in [3.05, 3.63) is 22.7 Å². The summed E-state index contributed by atoms with van der Waals surface area (Å²) < 4.78 is 13.1. The van der Waals surface area contributed by atoms with Gasteiger partial charge in [-0.3, -0.25) is 4.57 Å². The zero-order valence-electron chi connectivity index (χ0n) is 14.3. The Morgan fingerprint density at radius 3 is 2.80 bits per heavy atom. The molecule has 1 aromatic heterocycles. The summed E-state index contributed by atoms with van der Waals surface area (Å²) in [6.07, 6.45) is -0.805. The van der Waals surface area contributed by atoms with Crippen LogP contribution in [0.5, 0.6) is 0 Å². The predicted octanol–water partition coefficient (Wildman–Crippen LogP) is -0.552. The van der Waals surface area contributed by atoms with E-state index < -0.39 is 30.0 Å². The van der Waals surface area contributed by atoms with Crippen molar-refractivity contribution in [3.63, 3.8) is 0 Å². The van der Waals surface area contributed by atoms with Crippen LogP contribution in [0.25, 0.3) is 0 Å². The molecular weight excluding hydrogens is 332 g/mol. The fraction of sp³-hybridized carbons (Fsp3) is 0.733. The molecule has 10 nitrogen and oxygen atoms in total. The minimum atomic E-state index is -1.37. The van der Waals surface area contributed by atoms with Crippen molar-refractivity contribution < 1.29 is 24.4 Å². The quantitative estimate of drug-likeness (QED) is 0.669. The van der Waals surface area contributed by atoms with E-state index in [9.17, 15) is 9.90 Å². The summed E-state index contributed by atoms with van der Waals surface area (Å²) in [5.41, 5.74) is 4.97. The topological polar surface area (TPSA) is 121 Å². The van der Waals surface area contributed by atoms with Crippen LogP contribution in [0.2, 0.25) is 0 Å². The Balaban J connectivity index is 1.89. The van der Waals surface area contributed by atoms with Crippen LogP contribution >= 0.6 is 0 Å². The van der Waals surface area contributed by atoms with Gasteiger partial charge in [0, 0.05) is 25.7 Å². The molecule has 140 valence electrons. The van der Waals surface area contributed by atoms with Crippen molar-refractivity contribution in [2.24, 2.45) is 0 Å². The highest BCUT2D eigenvalue weighted by atomic mass is 17.2. The van der Waals surface area contributed by atoms with E-state index in [0.29, 0.717) is 19.7 Å². The number of aromatic nitrogens is 2. The molecule has 2 fully saturated rings. The minimum Gasteiger partial charge on any atom is -0.390 e. The average Bonchev–Trinajstić information content (AvgIpc) is 2.99.